The van der Waals surface area contributed by atoms with Crippen LogP contribution in [0.15, 0.2) is 22.0 Å². The summed E-state index contributed by atoms with van der Waals surface area (Å²) >= 11 is 1.70. The molecule has 1 fully saturated rings. The lowest BCUT2D eigenvalue weighted by Crippen LogP contribution is -2.22. The lowest BCUT2D eigenvalue weighted by Gasteiger charge is -2.25. The maximum absolute atomic E-state index is 5.99. The molecule has 1 saturated carbocycles. The largest absolute Gasteiger partial charge is 0.367 e. The first-order chi connectivity index (χ1) is 8.77. The Balaban J connectivity index is 2.13. The fraction of sp³-hybridized carbons (Fsp3) is 0.500. The Morgan fingerprint density at radius 2 is 2.22 bits per heavy atom. The van der Waals surface area contributed by atoms with E-state index in [2.05, 4.69) is 23.5 Å². The van der Waals surface area contributed by atoms with Gasteiger partial charge in [0.1, 0.15) is 5.69 Å². The Hall–Kier alpha value is -1.29. The van der Waals surface area contributed by atoms with Crippen molar-refractivity contribution in [3.05, 3.63) is 23.2 Å². The molecule has 0 radical (unpaired) electrons. The van der Waals surface area contributed by atoms with Crippen LogP contribution in [0, 0.1) is 0 Å². The van der Waals surface area contributed by atoms with E-state index in [0.29, 0.717) is 5.88 Å². The fourth-order valence-electron chi connectivity index (χ4n) is 3.13. The number of hydrogen-bond acceptors (Lipinski definition) is 4. The highest BCUT2D eigenvalue weighted by molar-refractivity contribution is 7.13. The molecule has 3 rings (SSSR count). The summed E-state index contributed by atoms with van der Waals surface area (Å²) in [6, 6.07) is 4.14. The second-order valence-electron chi connectivity index (χ2n) is 5.09. The number of hydrogen-bond donors (Lipinski definition) is 1. The van der Waals surface area contributed by atoms with Crippen molar-refractivity contribution >= 4 is 17.2 Å². The van der Waals surface area contributed by atoms with Crippen molar-refractivity contribution in [2.45, 2.75) is 44.4 Å². The van der Waals surface area contributed by atoms with E-state index < -0.39 is 0 Å². The van der Waals surface area contributed by atoms with Crippen molar-refractivity contribution in [1.82, 2.24) is 5.16 Å². The molecule has 2 aromatic rings. The molecule has 2 aromatic heterocycles. The summed E-state index contributed by atoms with van der Waals surface area (Å²) in [6.45, 7) is 2.24. The van der Waals surface area contributed by atoms with Gasteiger partial charge in [-0.05, 0) is 30.7 Å². The second kappa shape index (κ2) is 4.43. The van der Waals surface area contributed by atoms with Gasteiger partial charge in [0.15, 0.2) is 0 Å². The van der Waals surface area contributed by atoms with Crippen LogP contribution in [0.1, 0.15) is 44.7 Å². The minimum absolute atomic E-state index is 0.181. The van der Waals surface area contributed by atoms with E-state index in [4.69, 9.17) is 10.3 Å². The number of rotatable bonds is 3. The van der Waals surface area contributed by atoms with Crippen LogP contribution in [0.3, 0.4) is 0 Å². The van der Waals surface area contributed by atoms with Gasteiger partial charge in [-0.15, -0.1) is 11.3 Å². The van der Waals surface area contributed by atoms with Crippen LogP contribution in [-0.2, 0) is 5.41 Å². The molecule has 0 saturated heterocycles. The molecule has 0 atom stereocenters. The van der Waals surface area contributed by atoms with E-state index in [9.17, 15) is 0 Å². The highest BCUT2D eigenvalue weighted by Gasteiger charge is 2.39. The average Bonchev–Trinajstić information content (AvgIpc) is 3.08. The third-order valence-corrected chi connectivity index (χ3v) is 5.11. The summed E-state index contributed by atoms with van der Waals surface area (Å²) in [4.78, 5) is 1.17. The summed E-state index contributed by atoms with van der Waals surface area (Å²) < 4.78 is 5.29. The number of aromatic nitrogens is 1. The highest BCUT2D eigenvalue weighted by atomic mass is 32.1. The summed E-state index contributed by atoms with van der Waals surface area (Å²) in [5.74, 6) is 0.465. The van der Waals surface area contributed by atoms with Crippen LogP contribution >= 0.6 is 11.3 Å². The Morgan fingerprint density at radius 3 is 2.83 bits per heavy atom. The molecule has 0 bridgehead atoms. The molecular weight excluding hydrogens is 244 g/mol. The molecule has 0 unspecified atom stereocenters. The molecule has 1 aliphatic carbocycles. The van der Waals surface area contributed by atoms with Crippen molar-refractivity contribution in [1.29, 1.82) is 0 Å². The van der Waals surface area contributed by atoms with Gasteiger partial charge >= 0.3 is 0 Å². The molecule has 2 N–H and O–H groups in total. The standard InChI is InChI=1S/C14H18N2OS/c1-2-14(7-3-4-8-14)12-11(13(15)17-16-12)10-6-5-9-18-10/h5-6,9H,2-4,7-8,15H2,1H3. The maximum atomic E-state index is 5.99. The second-order valence-corrected chi connectivity index (χ2v) is 6.04. The van der Waals surface area contributed by atoms with Crippen molar-refractivity contribution < 1.29 is 4.52 Å². The molecular formula is C14H18N2OS. The predicted octanol–water partition coefficient (Wildman–Crippen LogP) is 4.21. The molecule has 4 heteroatoms. The number of nitrogen functional groups attached to an aromatic ring is 1. The molecule has 0 aromatic carbocycles. The zero-order valence-electron chi connectivity index (χ0n) is 10.6. The first kappa shape index (κ1) is 11.8. The average molecular weight is 262 g/mol. The Kier molecular flexibility index (Phi) is 2.90. The molecule has 0 amide bonds. The number of nitrogens with two attached hydrogens (primary N) is 1. The quantitative estimate of drug-likeness (QED) is 0.901. The predicted molar refractivity (Wildman–Crippen MR) is 74.7 cm³/mol. The lowest BCUT2D eigenvalue weighted by molar-refractivity contribution is 0.361. The zero-order valence-corrected chi connectivity index (χ0v) is 11.4. The van der Waals surface area contributed by atoms with Crippen LogP contribution in [0.5, 0.6) is 0 Å². The van der Waals surface area contributed by atoms with E-state index >= 15 is 0 Å². The SMILES string of the molecule is CCC1(c2noc(N)c2-c2cccs2)CCCC1. The minimum atomic E-state index is 0.181. The van der Waals surface area contributed by atoms with Crippen molar-refractivity contribution in [3.63, 3.8) is 0 Å². The third kappa shape index (κ3) is 1.67. The first-order valence-corrected chi connectivity index (χ1v) is 7.44. The van der Waals surface area contributed by atoms with Gasteiger partial charge in [0.05, 0.1) is 5.56 Å². The Labute approximate surface area is 111 Å². The molecule has 2 heterocycles. The summed E-state index contributed by atoms with van der Waals surface area (Å²) in [5.41, 5.74) is 8.29. The molecule has 3 nitrogen and oxygen atoms in total. The van der Waals surface area contributed by atoms with Gasteiger partial charge in [-0.2, -0.15) is 0 Å². The first-order valence-electron chi connectivity index (χ1n) is 6.56. The van der Waals surface area contributed by atoms with E-state index in [-0.39, 0.29) is 5.41 Å². The van der Waals surface area contributed by atoms with Crippen molar-refractivity contribution in [3.8, 4) is 10.4 Å². The van der Waals surface area contributed by atoms with Gasteiger partial charge in [0.2, 0.25) is 5.88 Å². The normalized spacial score (nSPS) is 18.3. The van der Waals surface area contributed by atoms with E-state index in [1.807, 2.05) is 6.07 Å². The van der Waals surface area contributed by atoms with Crippen LogP contribution < -0.4 is 5.73 Å². The molecule has 1 aliphatic rings. The van der Waals surface area contributed by atoms with Crippen LogP contribution in [0.25, 0.3) is 10.4 Å². The Bertz CT molecular complexity index is 524. The highest BCUT2D eigenvalue weighted by Crippen LogP contribution is 2.48. The fourth-order valence-corrected chi connectivity index (χ4v) is 3.91. The number of thiophene rings is 1. The van der Waals surface area contributed by atoms with Gasteiger partial charge < -0.3 is 10.3 Å². The third-order valence-electron chi connectivity index (χ3n) is 4.23. The summed E-state index contributed by atoms with van der Waals surface area (Å²) in [5, 5.41) is 6.37. The molecule has 0 spiro atoms. The van der Waals surface area contributed by atoms with E-state index in [0.717, 1.165) is 17.7 Å². The smallest absolute Gasteiger partial charge is 0.231 e. The van der Waals surface area contributed by atoms with Gasteiger partial charge in [0.25, 0.3) is 0 Å². The van der Waals surface area contributed by atoms with Crippen LogP contribution in [0.2, 0.25) is 0 Å². The summed E-state index contributed by atoms with van der Waals surface area (Å²) in [7, 11) is 0. The van der Waals surface area contributed by atoms with Gasteiger partial charge in [-0.3, -0.25) is 0 Å². The zero-order chi connectivity index (χ0) is 12.6. The van der Waals surface area contributed by atoms with Crippen LogP contribution in [-0.4, -0.2) is 5.16 Å². The minimum Gasteiger partial charge on any atom is -0.367 e. The van der Waals surface area contributed by atoms with E-state index in [1.165, 1.54) is 30.6 Å². The summed E-state index contributed by atoms with van der Waals surface area (Å²) in [6.07, 6.45) is 6.08. The van der Waals surface area contributed by atoms with Gasteiger partial charge in [0, 0.05) is 10.3 Å². The van der Waals surface area contributed by atoms with Gasteiger partial charge in [-0.1, -0.05) is 31.0 Å². The molecule has 0 aliphatic heterocycles. The van der Waals surface area contributed by atoms with Crippen molar-refractivity contribution in [2.75, 3.05) is 5.73 Å². The monoisotopic (exact) mass is 262 g/mol. The lowest BCUT2D eigenvalue weighted by atomic mass is 9.78. The Morgan fingerprint density at radius 1 is 1.44 bits per heavy atom. The number of nitrogens with zero attached hydrogens (tertiary/aromatic N) is 1. The van der Waals surface area contributed by atoms with Crippen LogP contribution in [0.4, 0.5) is 5.88 Å². The van der Waals surface area contributed by atoms with Crippen molar-refractivity contribution in [2.24, 2.45) is 0 Å². The maximum Gasteiger partial charge on any atom is 0.231 e. The van der Waals surface area contributed by atoms with Gasteiger partial charge in [-0.25, -0.2) is 0 Å². The van der Waals surface area contributed by atoms with E-state index in [1.54, 1.807) is 11.3 Å². The number of anilines is 1. The molecule has 96 valence electrons. The molecule has 18 heavy (non-hydrogen) atoms. The topological polar surface area (TPSA) is 52.0 Å².